The number of amidine groups is 1. The van der Waals surface area contributed by atoms with E-state index >= 15 is 0 Å². The fourth-order valence-electron chi connectivity index (χ4n) is 3.00. The van der Waals surface area contributed by atoms with E-state index in [1.165, 1.54) is 18.9 Å². The number of amides is 1. The number of rotatable bonds is 5. The molecule has 1 aromatic rings. The van der Waals surface area contributed by atoms with Gasteiger partial charge in [-0.1, -0.05) is 11.8 Å². The van der Waals surface area contributed by atoms with Crippen molar-refractivity contribution in [3.05, 3.63) is 24.3 Å². The highest BCUT2D eigenvalue weighted by Crippen LogP contribution is 2.41. The predicted molar refractivity (Wildman–Crippen MR) is 98.2 cm³/mol. The highest BCUT2D eigenvalue weighted by atomic mass is 32.2. The first-order valence-corrected chi connectivity index (χ1v) is 10.6. The largest absolute Gasteiger partial charge is 0.494 e. The number of fused-ring (bicyclic) bond motifs is 1. The molecular formula is C16H20N2O5S2. The molecule has 25 heavy (non-hydrogen) atoms. The van der Waals surface area contributed by atoms with E-state index in [2.05, 4.69) is 4.99 Å². The number of nitrogens with zero attached hydrogens (tertiary/aromatic N) is 2. The highest BCUT2D eigenvalue weighted by molar-refractivity contribution is 8.16. The van der Waals surface area contributed by atoms with Crippen molar-refractivity contribution in [1.29, 1.82) is 0 Å². The summed E-state index contributed by atoms with van der Waals surface area (Å²) in [6.07, 6.45) is 0. The molecule has 136 valence electrons. The number of benzene rings is 1. The summed E-state index contributed by atoms with van der Waals surface area (Å²) in [4.78, 5) is 17.8. The molecule has 0 spiro atoms. The minimum atomic E-state index is -3.08. The molecule has 0 bridgehead atoms. The number of hydrogen-bond acceptors (Lipinski definition) is 6. The molecule has 0 aliphatic carbocycles. The van der Waals surface area contributed by atoms with E-state index in [1.54, 1.807) is 0 Å². The lowest BCUT2D eigenvalue weighted by atomic mass is 10.2. The number of sulfone groups is 1. The van der Waals surface area contributed by atoms with Crippen LogP contribution in [0.2, 0.25) is 0 Å². The Morgan fingerprint density at radius 3 is 2.68 bits per heavy atom. The molecule has 7 nitrogen and oxygen atoms in total. The molecular weight excluding hydrogens is 364 g/mol. The van der Waals surface area contributed by atoms with Gasteiger partial charge in [-0.05, 0) is 31.2 Å². The number of thioether (sulfide) groups is 1. The van der Waals surface area contributed by atoms with Crippen LogP contribution in [0.5, 0.6) is 5.75 Å². The lowest BCUT2D eigenvalue weighted by molar-refractivity contribution is -0.121. The van der Waals surface area contributed by atoms with Gasteiger partial charge in [0, 0.05) is 18.0 Å². The second-order valence-corrected chi connectivity index (χ2v) is 9.18. The van der Waals surface area contributed by atoms with E-state index in [-0.39, 0.29) is 35.3 Å². The molecule has 2 fully saturated rings. The van der Waals surface area contributed by atoms with Crippen LogP contribution in [-0.4, -0.2) is 62.6 Å². The van der Waals surface area contributed by atoms with Gasteiger partial charge < -0.3 is 14.4 Å². The molecule has 2 heterocycles. The molecule has 2 saturated heterocycles. The van der Waals surface area contributed by atoms with E-state index in [9.17, 15) is 13.2 Å². The van der Waals surface area contributed by atoms with Crippen LogP contribution in [0.25, 0.3) is 0 Å². The zero-order valence-corrected chi connectivity index (χ0v) is 15.7. The lowest BCUT2D eigenvalue weighted by Crippen LogP contribution is -2.37. The van der Waals surface area contributed by atoms with Gasteiger partial charge in [-0.3, -0.25) is 4.79 Å². The summed E-state index contributed by atoms with van der Waals surface area (Å²) in [5.41, 5.74) is 0.796. The van der Waals surface area contributed by atoms with Crippen LogP contribution in [0.3, 0.4) is 0 Å². The first-order chi connectivity index (χ1) is 11.9. The van der Waals surface area contributed by atoms with Crippen LogP contribution in [-0.2, 0) is 19.4 Å². The van der Waals surface area contributed by atoms with Crippen molar-refractivity contribution in [3.63, 3.8) is 0 Å². The summed E-state index contributed by atoms with van der Waals surface area (Å²) in [5.74, 6) is 0.523. The van der Waals surface area contributed by atoms with Crippen LogP contribution >= 0.6 is 11.8 Å². The van der Waals surface area contributed by atoms with E-state index in [0.717, 1.165) is 11.4 Å². The first kappa shape index (κ1) is 18.2. The van der Waals surface area contributed by atoms with E-state index in [4.69, 9.17) is 9.47 Å². The molecule has 3 rings (SSSR count). The Kier molecular flexibility index (Phi) is 5.35. The topological polar surface area (TPSA) is 85.3 Å². The molecule has 2 atom stereocenters. The average molecular weight is 384 g/mol. The van der Waals surface area contributed by atoms with Gasteiger partial charge >= 0.3 is 0 Å². The third-order valence-corrected chi connectivity index (χ3v) is 7.19. The Labute approximate surface area is 151 Å². The zero-order chi connectivity index (χ0) is 18.0. The third kappa shape index (κ3) is 3.99. The molecule has 1 amide bonds. The summed E-state index contributed by atoms with van der Waals surface area (Å²) in [6, 6.07) is 7.15. The fourth-order valence-corrected chi connectivity index (χ4v) is 6.93. The Hall–Kier alpha value is -1.58. The molecule has 0 saturated carbocycles. The number of ether oxygens (including phenoxy) is 2. The normalized spacial score (nSPS) is 26.0. The maximum absolute atomic E-state index is 12.0. The summed E-state index contributed by atoms with van der Waals surface area (Å²) < 4.78 is 34.3. The first-order valence-electron chi connectivity index (χ1n) is 7.93. The third-order valence-electron chi connectivity index (χ3n) is 3.98. The Morgan fingerprint density at radius 2 is 2.04 bits per heavy atom. The van der Waals surface area contributed by atoms with Crippen molar-refractivity contribution in [3.8, 4) is 5.75 Å². The van der Waals surface area contributed by atoms with Gasteiger partial charge in [0.15, 0.2) is 15.0 Å². The standard InChI is InChI=1S/C16H20N2O5S2/c1-3-23-12-6-4-11(5-7-12)18-13-9-25(20,21)10-14(13)24-16(18)17-15(19)8-22-2/h4-7,13-14H,3,8-10H2,1-2H3/t13-,14+/m1/s1. The summed E-state index contributed by atoms with van der Waals surface area (Å²) in [7, 11) is -1.64. The van der Waals surface area contributed by atoms with Crippen LogP contribution in [0.15, 0.2) is 29.3 Å². The number of methoxy groups -OCH3 is 1. The van der Waals surface area contributed by atoms with E-state index in [1.807, 2.05) is 36.1 Å². The number of carbonyl (C=O) groups excluding carboxylic acids is 1. The Bertz CT molecular complexity index is 776. The minimum absolute atomic E-state index is 0.0648. The number of aliphatic imine (C=N–C) groups is 1. The van der Waals surface area contributed by atoms with Crippen LogP contribution in [0, 0.1) is 0 Å². The second kappa shape index (κ2) is 7.35. The van der Waals surface area contributed by atoms with E-state index < -0.39 is 9.84 Å². The molecule has 0 aromatic heterocycles. The van der Waals surface area contributed by atoms with Crippen molar-refractivity contribution >= 4 is 38.4 Å². The number of anilines is 1. The van der Waals surface area contributed by atoms with Gasteiger partial charge in [-0.15, -0.1) is 0 Å². The van der Waals surface area contributed by atoms with Gasteiger partial charge in [0.05, 0.1) is 24.2 Å². The molecule has 0 N–H and O–H groups in total. The van der Waals surface area contributed by atoms with Crippen LogP contribution in [0.1, 0.15) is 6.92 Å². The van der Waals surface area contributed by atoms with Crippen molar-refractivity contribution < 1.29 is 22.7 Å². The molecule has 2 aliphatic heterocycles. The minimum Gasteiger partial charge on any atom is -0.494 e. The van der Waals surface area contributed by atoms with Gasteiger partial charge in [0.25, 0.3) is 5.91 Å². The summed E-state index contributed by atoms with van der Waals surface area (Å²) in [6.45, 7) is 2.38. The summed E-state index contributed by atoms with van der Waals surface area (Å²) >= 11 is 1.34. The summed E-state index contributed by atoms with van der Waals surface area (Å²) in [5, 5.41) is 0.404. The van der Waals surface area contributed by atoms with Gasteiger partial charge in [0.1, 0.15) is 12.4 Å². The van der Waals surface area contributed by atoms with E-state index in [0.29, 0.717) is 11.8 Å². The highest BCUT2D eigenvalue weighted by Gasteiger charge is 2.49. The predicted octanol–water partition coefficient (Wildman–Crippen LogP) is 1.33. The molecule has 9 heteroatoms. The zero-order valence-electron chi connectivity index (χ0n) is 14.0. The lowest BCUT2D eigenvalue weighted by Gasteiger charge is -2.24. The SMILES string of the molecule is CCOc1ccc(N2C(=NC(=O)COC)S[C@H]3CS(=O)(=O)C[C@H]32)cc1. The fraction of sp³-hybridized carbons (Fsp3) is 0.500. The number of carbonyl (C=O) groups is 1. The number of hydrogen-bond donors (Lipinski definition) is 0. The second-order valence-electron chi connectivity index (χ2n) is 5.82. The monoisotopic (exact) mass is 384 g/mol. The molecule has 0 radical (unpaired) electrons. The van der Waals surface area contributed by atoms with Crippen molar-refractivity contribution in [1.82, 2.24) is 0 Å². The Morgan fingerprint density at radius 1 is 1.32 bits per heavy atom. The molecule has 2 aliphatic rings. The van der Waals surface area contributed by atoms with Crippen molar-refractivity contribution in [2.75, 3.05) is 36.7 Å². The molecule has 0 unspecified atom stereocenters. The molecule has 1 aromatic carbocycles. The van der Waals surface area contributed by atoms with Gasteiger partial charge in [-0.25, -0.2) is 8.42 Å². The maximum atomic E-state index is 12.0. The van der Waals surface area contributed by atoms with Crippen molar-refractivity contribution in [2.24, 2.45) is 4.99 Å². The van der Waals surface area contributed by atoms with Crippen LogP contribution in [0.4, 0.5) is 5.69 Å². The smallest absolute Gasteiger partial charge is 0.274 e. The average Bonchev–Trinajstić information content (AvgIpc) is 3.00. The van der Waals surface area contributed by atoms with Crippen LogP contribution < -0.4 is 9.64 Å². The van der Waals surface area contributed by atoms with Crippen molar-refractivity contribution in [2.45, 2.75) is 18.2 Å². The van der Waals surface area contributed by atoms with Gasteiger partial charge in [-0.2, -0.15) is 4.99 Å². The Balaban J connectivity index is 1.93. The van der Waals surface area contributed by atoms with Gasteiger partial charge in [0.2, 0.25) is 0 Å². The maximum Gasteiger partial charge on any atom is 0.274 e. The quantitative estimate of drug-likeness (QED) is 0.757.